The lowest BCUT2D eigenvalue weighted by atomic mass is 10.2. The van der Waals surface area contributed by atoms with Crippen LogP contribution in [0, 0.1) is 0 Å². The summed E-state index contributed by atoms with van der Waals surface area (Å²) in [6.07, 6.45) is 0. The Labute approximate surface area is 117 Å². The number of carbonyl (C=O) groups is 1. The number of nitrogens with one attached hydrogen (secondary N) is 2. The van der Waals surface area contributed by atoms with E-state index in [1.807, 2.05) is 13.8 Å². The highest BCUT2D eigenvalue weighted by atomic mass is 35.5. The monoisotopic (exact) mass is 296 g/mol. The van der Waals surface area contributed by atoms with Gasteiger partial charge in [0.1, 0.15) is 0 Å². The van der Waals surface area contributed by atoms with Crippen molar-refractivity contribution in [2.24, 2.45) is 0 Å². The molecule has 0 unspecified atom stereocenters. The summed E-state index contributed by atoms with van der Waals surface area (Å²) in [5.74, 6) is -0.201. The van der Waals surface area contributed by atoms with Crippen molar-refractivity contribution in [2.45, 2.75) is 26.8 Å². The number of amides is 1. The molecule has 0 bridgehead atoms. The molecule has 1 amide bonds. The Bertz CT molecular complexity index is 385. The van der Waals surface area contributed by atoms with Crippen LogP contribution in [-0.2, 0) is 4.79 Å². The molecular weight excluding hydrogens is 282 g/mol. The van der Waals surface area contributed by atoms with Crippen molar-refractivity contribution in [3.63, 3.8) is 0 Å². The summed E-state index contributed by atoms with van der Waals surface area (Å²) < 4.78 is 0. The van der Waals surface area contributed by atoms with Crippen LogP contribution in [0.25, 0.3) is 0 Å². The van der Waals surface area contributed by atoms with Gasteiger partial charge in [-0.15, -0.1) is 12.4 Å². The number of hydrogen-bond donors (Lipinski definition) is 2. The topological polar surface area (TPSA) is 41.1 Å². The summed E-state index contributed by atoms with van der Waals surface area (Å²) >= 11 is 12.0. The second-order valence-electron chi connectivity index (χ2n) is 3.80. The van der Waals surface area contributed by atoms with Crippen LogP contribution in [0.2, 0.25) is 10.0 Å². The van der Waals surface area contributed by atoms with Crippen LogP contribution in [0.1, 0.15) is 20.8 Å². The molecule has 0 fully saturated rings. The Morgan fingerprint density at radius 2 is 1.71 bits per heavy atom. The minimum Gasteiger partial charge on any atom is -0.383 e. The molecule has 0 spiro atoms. The highest BCUT2D eigenvalue weighted by Crippen LogP contribution is 2.33. The van der Waals surface area contributed by atoms with Crippen LogP contribution in [0.4, 0.5) is 11.4 Å². The molecule has 0 radical (unpaired) electrons. The molecule has 3 nitrogen and oxygen atoms in total. The quantitative estimate of drug-likeness (QED) is 0.878. The zero-order valence-electron chi connectivity index (χ0n) is 9.80. The number of benzene rings is 1. The minimum absolute atomic E-state index is 0. The van der Waals surface area contributed by atoms with Crippen molar-refractivity contribution >= 4 is 52.9 Å². The highest BCUT2D eigenvalue weighted by molar-refractivity contribution is 6.40. The van der Waals surface area contributed by atoms with Gasteiger partial charge in [-0.1, -0.05) is 23.2 Å². The van der Waals surface area contributed by atoms with Crippen LogP contribution in [0.5, 0.6) is 0 Å². The molecule has 0 saturated heterocycles. The van der Waals surface area contributed by atoms with Crippen molar-refractivity contribution < 1.29 is 4.79 Å². The number of carbonyl (C=O) groups excluding carboxylic acids is 1. The van der Waals surface area contributed by atoms with Crippen molar-refractivity contribution in [1.29, 1.82) is 0 Å². The first-order valence-electron chi connectivity index (χ1n) is 4.93. The highest BCUT2D eigenvalue weighted by Gasteiger charge is 2.09. The van der Waals surface area contributed by atoms with Gasteiger partial charge in [0.25, 0.3) is 0 Å². The number of anilines is 2. The normalized spacial score (nSPS) is 9.76. The maximum atomic E-state index is 10.9. The Kier molecular flexibility index (Phi) is 6.68. The molecule has 0 heterocycles. The number of halogens is 3. The fraction of sp³-hybridized carbons (Fsp3) is 0.364. The number of rotatable bonds is 3. The third-order valence-corrected chi connectivity index (χ3v) is 2.39. The van der Waals surface area contributed by atoms with Crippen molar-refractivity contribution in [3.8, 4) is 0 Å². The Morgan fingerprint density at radius 3 is 2.06 bits per heavy atom. The average molecular weight is 298 g/mol. The van der Waals surface area contributed by atoms with Gasteiger partial charge in [-0.05, 0) is 26.0 Å². The summed E-state index contributed by atoms with van der Waals surface area (Å²) in [5, 5.41) is 6.62. The van der Waals surface area contributed by atoms with Gasteiger partial charge in [0.05, 0.1) is 15.7 Å². The molecule has 1 aromatic rings. The molecule has 0 atom stereocenters. The molecule has 6 heteroatoms. The smallest absolute Gasteiger partial charge is 0.221 e. The zero-order chi connectivity index (χ0) is 12.3. The molecule has 1 rings (SSSR count). The Hall–Kier alpha value is -0.640. The predicted octanol–water partition coefficient (Wildman–Crippen LogP) is 4.19. The standard InChI is InChI=1S/C11H14Cl2N2O.ClH/c1-6(2)14-8-4-9(12)11(10(13)5-8)15-7(3)16;/h4-6,14H,1-3H3,(H,15,16);1H. The number of hydrogen-bond acceptors (Lipinski definition) is 2. The van der Waals surface area contributed by atoms with Gasteiger partial charge in [0.2, 0.25) is 5.91 Å². The fourth-order valence-electron chi connectivity index (χ4n) is 1.29. The van der Waals surface area contributed by atoms with Crippen molar-refractivity contribution in [2.75, 3.05) is 10.6 Å². The van der Waals surface area contributed by atoms with E-state index in [1.165, 1.54) is 6.92 Å². The Morgan fingerprint density at radius 1 is 1.24 bits per heavy atom. The van der Waals surface area contributed by atoms with Crippen molar-refractivity contribution in [1.82, 2.24) is 0 Å². The molecular formula is C11H15Cl3N2O. The first-order valence-corrected chi connectivity index (χ1v) is 5.69. The second kappa shape index (κ2) is 6.94. The van der Waals surface area contributed by atoms with Gasteiger partial charge >= 0.3 is 0 Å². The molecule has 96 valence electrons. The van der Waals surface area contributed by atoms with Crippen LogP contribution in [-0.4, -0.2) is 11.9 Å². The van der Waals surface area contributed by atoms with E-state index in [1.54, 1.807) is 12.1 Å². The van der Waals surface area contributed by atoms with E-state index in [4.69, 9.17) is 23.2 Å². The van der Waals surface area contributed by atoms with E-state index in [2.05, 4.69) is 10.6 Å². The van der Waals surface area contributed by atoms with Crippen molar-refractivity contribution in [3.05, 3.63) is 22.2 Å². The van der Waals surface area contributed by atoms with E-state index in [-0.39, 0.29) is 18.3 Å². The van der Waals surface area contributed by atoms with Gasteiger partial charge in [0, 0.05) is 18.7 Å². The van der Waals surface area contributed by atoms with Crippen LogP contribution < -0.4 is 10.6 Å². The molecule has 1 aromatic carbocycles. The van der Waals surface area contributed by atoms with Crippen LogP contribution >= 0.6 is 35.6 Å². The Balaban J connectivity index is 0.00000256. The summed E-state index contributed by atoms with van der Waals surface area (Å²) in [6.45, 7) is 5.44. The third-order valence-electron chi connectivity index (χ3n) is 1.80. The molecule has 0 aliphatic rings. The lowest BCUT2D eigenvalue weighted by Gasteiger charge is -2.13. The lowest BCUT2D eigenvalue weighted by Crippen LogP contribution is -2.11. The predicted molar refractivity (Wildman–Crippen MR) is 76.8 cm³/mol. The third kappa shape index (κ3) is 5.02. The van der Waals surface area contributed by atoms with E-state index < -0.39 is 0 Å². The van der Waals surface area contributed by atoms with Gasteiger partial charge in [0.15, 0.2) is 0 Å². The maximum Gasteiger partial charge on any atom is 0.221 e. The average Bonchev–Trinajstić information content (AvgIpc) is 2.10. The second-order valence-corrected chi connectivity index (χ2v) is 4.61. The largest absolute Gasteiger partial charge is 0.383 e. The molecule has 0 aliphatic heterocycles. The van der Waals surface area contributed by atoms with Crippen LogP contribution in [0.3, 0.4) is 0 Å². The summed E-state index contributed by atoms with van der Waals surface area (Å²) in [5.41, 5.74) is 1.28. The molecule has 0 saturated carbocycles. The summed E-state index contributed by atoms with van der Waals surface area (Å²) in [4.78, 5) is 10.9. The van der Waals surface area contributed by atoms with E-state index >= 15 is 0 Å². The lowest BCUT2D eigenvalue weighted by molar-refractivity contribution is -0.114. The van der Waals surface area contributed by atoms with E-state index in [0.717, 1.165) is 5.69 Å². The summed E-state index contributed by atoms with van der Waals surface area (Å²) in [7, 11) is 0. The minimum atomic E-state index is -0.201. The first-order chi connectivity index (χ1) is 7.40. The molecule has 0 aliphatic carbocycles. The van der Waals surface area contributed by atoms with Gasteiger partial charge < -0.3 is 10.6 Å². The fourth-order valence-corrected chi connectivity index (χ4v) is 1.87. The van der Waals surface area contributed by atoms with Gasteiger partial charge in [-0.3, -0.25) is 4.79 Å². The molecule has 17 heavy (non-hydrogen) atoms. The zero-order valence-corrected chi connectivity index (χ0v) is 12.1. The van der Waals surface area contributed by atoms with E-state index in [9.17, 15) is 4.79 Å². The SMILES string of the molecule is CC(=O)Nc1c(Cl)cc(NC(C)C)cc1Cl.Cl. The summed E-state index contributed by atoms with van der Waals surface area (Å²) in [6, 6.07) is 3.76. The maximum absolute atomic E-state index is 10.9. The molecule has 2 N–H and O–H groups in total. The first kappa shape index (κ1) is 16.4. The van der Waals surface area contributed by atoms with Gasteiger partial charge in [-0.25, -0.2) is 0 Å². The van der Waals surface area contributed by atoms with E-state index in [0.29, 0.717) is 21.8 Å². The van der Waals surface area contributed by atoms with Gasteiger partial charge in [-0.2, -0.15) is 0 Å². The molecule has 0 aromatic heterocycles. The van der Waals surface area contributed by atoms with Crippen LogP contribution in [0.15, 0.2) is 12.1 Å².